The lowest BCUT2D eigenvalue weighted by Gasteiger charge is -2.24. The van der Waals surface area contributed by atoms with Crippen LogP contribution >= 0.6 is 22.9 Å². The number of ether oxygens (including phenoxy) is 2. The van der Waals surface area contributed by atoms with Gasteiger partial charge in [-0.25, -0.2) is 4.98 Å². The molecule has 0 atom stereocenters. The molecule has 0 N–H and O–H groups in total. The summed E-state index contributed by atoms with van der Waals surface area (Å²) in [4.78, 5) is 13.4. The Morgan fingerprint density at radius 2 is 1.68 bits per heavy atom. The Balaban J connectivity index is 2.17. The highest BCUT2D eigenvalue weighted by Gasteiger charge is 2.21. The molecule has 28 heavy (non-hydrogen) atoms. The van der Waals surface area contributed by atoms with Crippen LogP contribution in [-0.4, -0.2) is 50.5 Å². The van der Waals surface area contributed by atoms with E-state index in [4.69, 9.17) is 21.1 Å². The predicted octanol–water partition coefficient (Wildman–Crippen LogP) is 4.98. The monoisotopic (exact) mass is 419 g/mol. The molecule has 0 saturated heterocycles. The molecule has 5 nitrogen and oxygen atoms in total. The van der Waals surface area contributed by atoms with Crippen molar-refractivity contribution in [2.24, 2.45) is 0 Å². The highest BCUT2D eigenvalue weighted by atomic mass is 35.5. The Kier molecular flexibility index (Phi) is 7.24. The Labute approximate surface area is 175 Å². The average Bonchev–Trinajstić information content (AvgIpc) is 3.03. The van der Waals surface area contributed by atoms with Gasteiger partial charge in [-0.2, -0.15) is 4.98 Å². The van der Waals surface area contributed by atoms with Gasteiger partial charge in [0.2, 0.25) is 5.28 Å². The zero-order chi connectivity index (χ0) is 20.1. The zero-order valence-corrected chi connectivity index (χ0v) is 18.4. The van der Waals surface area contributed by atoms with Crippen LogP contribution in [0.15, 0.2) is 24.3 Å². The molecule has 3 aromatic rings. The molecule has 0 aliphatic heterocycles. The van der Waals surface area contributed by atoms with Crippen molar-refractivity contribution in [2.45, 2.75) is 20.3 Å². The van der Waals surface area contributed by atoms with Gasteiger partial charge < -0.3 is 14.4 Å². The first-order valence-electron chi connectivity index (χ1n) is 9.37. The number of aryl methyl sites for hydroxylation is 2. The van der Waals surface area contributed by atoms with E-state index in [2.05, 4.69) is 53.0 Å². The number of thiophene rings is 1. The lowest BCUT2D eigenvalue weighted by molar-refractivity contribution is 0.190. The predicted molar refractivity (Wildman–Crippen MR) is 118 cm³/mol. The summed E-state index contributed by atoms with van der Waals surface area (Å²) in [7, 11) is 3.40. The number of methoxy groups -OCH3 is 2. The van der Waals surface area contributed by atoms with Gasteiger partial charge in [0.05, 0.1) is 18.6 Å². The van der Waals surface area contributed by atoms with Gasteiger partial charge in [-0.3, -0.25) is 0 Å². The standard InChI is InChI=1S/C21H26ClN3O2S/c1-5-15-6-8-16(9-7-15)17-14(2)28-20-18(17)19(23-21(22)24-20)25(10-12-26-3)11-13-27-4/h6-9H,5,10-13H2,1-4H3. The molecule has 0 amide bonds. The van der Waals surface area contributed by atoms with Crippen LogP contribution in [0, 0.1) is 6.92 Å². The molecule has 0 radical (unpaired) electrons. The van der Waals surface area contributed by atoms with E-state index in [-0.39, 0.29) is 5.28 Å². The minimum Gasteiger partial charge on any atom is -0.383 e. The van der Waals surface area contributed by atoms with Crippen molar-refractivity contribution in [1.82, 2.24) is 9.97 Å². The fourth-order valence-corrected chi connectivity index (χ4v) is 4.53. The fraction of sp³-hybridized carbons (Fsp3) is 0.429. The van der Waals surface area contributed by atoms with E-state index in [1.807, 2.05) is 0 Å². The van der Waals surface area contributed by atoms with Gasteiger partial charge in [0.1, 0.15) is 10.6 Å². The molecule has 0 bridgehead atoms. The molecule has 2 heterocycles. The van der Waals surface area contributed by atoms with Crippen LogP contribution in [0.3, 0.4) is 0 Å². The smallest absolute Gasteiger partial charge is 0.225 e. The summed E-state index contributed by atoms with van der Waals surface area (Å²) in [5, 5.41) is 1.31. The second kappa shape index (κ2) is 9.65. The Hall–Kier alpha value is -1.73. The third kappa shape index (κ3) is 4.46. The van der Waals surface area contributed by atoms with E-state index in [1.165, 1.54) is 21.6 Å². The number of nitrogens with zero attached hydrogens (tertiary/aromatic N) is 3. The molecule has 2 aromatic heterocycles. The molecular weight excluding hydrogens is 394 g/mol. The maximum Gasteiger partial charge on any atom is 0.225 e. The van der Waals surface area contributed by atoms with Crippen molar-refractivity contribution < 1.29 is 9.47 Å². The van der Waals surface area contributed by atoms with Gasteiger partial charge in [-0.1, -0.05) is 31.2 Å². The van der Waals surface area contributed by atoms with Crippen LogP contribution in [-0.2, 0) is 15.9 Å². The minimum absolute atomic E-state index is 0.261. The second-order valence-corrected chi connectivity index (χ2v) is 8.09. The number of benzene rings is 1. The lowest BCUT2D eigenvalue weighted by atomic mass is 10.0. The van der Waals surface area contributed by atoms with E-state index >= 15 is 0 Å². The summed E-state index contributed by atoms with van der Waals surface area (Å²) in [5.74, 6) is 0.836. The van der Waals surface area contributed by atoms with Crippen LogP contribution in [0.2, 0.25) is 5.28 Å². The van der Waals surface area contributed by atoms with Crippen molar-refractivity contribution in [2.75, 3.05) is 45.4 Å². The number of fused-ring (bicyclic) bond motifs is 1. The first-order valence-corrected chi connectivity index (χ1v) is 10.6. The highest BCUT2D eigenvalue weighted by Crippen LogP contribution is 2.42. The summed E-state index contributed by atoms with van der Waals surface area (Å²) < 4.78 is 10.6. The van der Waals surface area contributed by atoms with Crippen LogP contribution in [0.5, 0.6) is 0 Å². The van der Waals surface area contributed by atoms with E-state index < -0.39 is 0 Å². The number of halogens is 1. The number of hydrogen-bond acceptors (Lipinski definition) is 6. The molecule has 0 fully saturated rings. The van der Waals surface area contributed by atoms with Gasteiger partial charge in [0, 0.05) is 37.7 Å². The first-order chi connectivity index (χ1) is 13.6. The highest BCUT2D eigenvalue weighted by molar-refractivity contribution is 7.19. The van der Waals surface area contributed by atoms with E-state index in [9.17, 15) is 0 Å². The van der Waals surface area contributed by atoms with Gasteiger partial charge in [-0.15, -0.1) is 11.3 Å². The van der Waals surface area contributed by atoms with Gasteiger partial charge in [0.25, 0.3) is 0 Å². The summed E-state index contributed by atoms with van der Waals surface area (Å²) in [6.07, 6.45) is 1.02. The summed E-state index contributed by atoms with van der Waals surface area (Å²) >= 11 is 7.93. The van der Waals surface area contributed by atoms with Gasteiger partial charge in [0.15, 0.2) is 0 Å². The number of rotatable bonds is 9. The average molecular weight is 420 g/mol. The Morgan fingerprint density at radius 1 is 1.04 bits per heavy atom. The number of hydrogen-bond donors (Lipinski definition) is 0. The normalized spacial score (nSPS) is 11.3. The second-order valence-electron chi connectivity index (χ2n) is 6.55. The van der Waals surface area contributed by atoms with Crippen LogP contribution in [0.4, 0.5) is 5.82 Å². The fourth-order valence-electron chi connectivity index (χ4n) is 3.28. The van der Waals surface area contributed by atoms with E-state index in [1.54, 1.807) is 25.6 Å². The lowest BCUT2D eigenvalue weighted by Crippen LogP contribution is -2.31. The Morgan fingerprint density at radius 3 is 2.25 bits per heavy atom. The molecular formula is C21H26ClN3O2S. The van der Waals surface area contributed by atoms with Gasteiger partial charge in [-0.05, 0) is 36.1 Å². The molecule has 0 aliphatic rings. The third-order valence-corrected chi connectivity index (χ3v) is 5.93. The van der Waals surface area contributed by atoms with Crippen LogP contribution in [0.25, 0.3) is 21.3 Å². The van der Waals surface area contributed by atoms with Gasteiger partial charge >= 0.3 is 0 Å². The van der Waals surface area contributed by atoms with Crippen molar-refractivity contribution in [3.8, 4) is 11.1 Å². The SMILES string of the molecule is CCc1ccc(-c2c(C)sc3nc(Cl)nc(N(CCOC)CCOC)c23)cc1. The van der Waals surface area contributed by atoms with Crippen molar-refractivity contribution in [1.29, 1.82) is 0 Å². The molecule has 0 aliphatic carbocycles. The van der Waals surface area contributed by atoms with Crippen molar-refractivity contribution >= 4 is 39.0 Å². The molecule has 150 valence electrons. The Bertz CT molecular complexity index is 920. The summed E-state index contributed by atoms with van der Waals surface area (Å²) in [6.45, 7) is 6.88. The molecule has 0 saturated carbocycles. The maximum absolute atomic E-state index is 6.28. The van der Waals surface area contributed by atoms with Crippen molar-refractivity contribution in [3.63, 3.8) is 0 Å². The maximum atomic E-state index is 6.28. The molecule has 3 rings (SSSR count). The topological polar surface area (TPSA) is 47.5 Å². The molecule has 7 heteroatoms. The largest absolute Gasteiger partial charge is 0.383 e. The first kappa shape index (κ1) is 21.0. The van der Waals surface area contributed by atoms with E-state index in [0.29, 0.717) is 26.3 Å². The molecule has 0 unspecified atom stereocenters. The van der Waals surface area contributed by atoms with Crippen molar-refractivity contribution in [3.05, 3.63) is 40.0 Å². The zero-order valence-electron chi connectivity index (χ0n) is 16.8. The molecule has 0 spiro atoms. The van der Waals surface area contributed by atoms with Crippen LogP contribution < -0.4 is 4.90 Å². The third-order valence-electron chi connectivity index (χ3n) is 4.76. The minimum atomic E-state index is 0.261. The summed E-state index contributed by atoms with van der Waals surface area (Å²) in [6, 6.07) is 8.73. The number of aromatic nitrogens is 2. The quantitative estimate of drug-likeness (QED) is 0.457. The van der Waals surface area contributed by atoms with E-state index in [0.717, 1.165) is 22.5 Å². The van der Waals surface area contributed by atoms with Crippen LogP contribution in [0.1, 0.15) is 17.4 Å². The number of anilines is 1. The molecule has 1 aromatic carbocycles. The summed E-state index contributed by atoms with van der Waals surface area (Å²) in [5.41, 5.74) is 3.67.